The van der Waals surface area contributed by atoms with Crippen molar-refractivity contribution in [2.75, 3.05) is 13.1 Å². The molecule has 1 aliphatic heterocycles. The number of halogens is 1. The maximum Gasteiger partial charge on any atom is 0.269 e. The highest BCUT2D eigenvalue weighted by Crippen LogP contribution is 2.24. The van der Waals surface area contributed by atoms with Crippen molar-refractivity contribution >= 4 is 18.1 Å². The fraction of sp³-hybridized carbons (Fsp3) is 0.714. The minimum atomic E-state index is -0.334. The van der Waals surface area contributed by atoms with E-state index >= 15 is 0 Å². The second-order valence-corrected chi connectivity index (χ2v) is 7.55. The summed E-state index contributed by atoms with van der Waals surface area (Å²) in [5, 5.41) is 10.7. The first-order valence-electron chi connectivity index (χ1n) is 10.1. The third-order valence-electron chi connectivity index (χ3n) is 5.48. The average molecular weight is 383 g/mol. The van der Waals surface area contributed by atoms with Crippen LogP contribution in [0.4, 0.5) is 5.69 Å². The standard InChI is InChI=1S/C21H34N2O2.ClH/c1-2-3-4-5-6-7-8-9-19-14-16-22(17-15-19)18-20-10-12-21(13-11-20)23(24)25;/h10-13,19H,2-9,14-18H2,1H3;1H. The molecule has 1 aromatic rings. The lowest BCUT2D eigenvalue weighted by Crippen LogP contribution is -2.33. The van der Waals surface area contributed by atoms with Crippen LogP contribution in [0.5, 0.6) is 0 Å². The van der Waals surface area contributed by atoms with E-state index in [2.05, 4.69) is 11.8 Å². The van der Waals surface area contributed by atoms with E-state index in [1.165, 1.54) is 69.8 Å². The molecule has 0 saturated carbocycles. The molecule has 0 unspecified atom stereocenters. The number of nitro benzene ring substituents is 1. The summed E-state index contributed by atoms with van der Waals surface area (Å²) < 4.78 is 0. The molecular weight excluding hydrogens is 348 g/mol. The first-order chi connectivity index (χ1) is 12.2. The van der Waals surface area contributed by atoms with Crippen LogP contribution in [0, 0.1) is 16.0 Å². The summed E-state index contributed by atoms with van der Waals surface area (Å²) in [5.74, 6) is 0.906. The number of rotatable bonds is 11. The van der Waals surface area contributed by atoms with E-state index in [9.17, 15) is 10.1 Å². The molecule has 1 aromatic carbocycles. The quantitative estimate of drug-likeness (QED) is 0.254. The highest BCUT2D eigenvalue weighted by molar-refractivity contribution is 5.85. The summed E-state index contributed by atoms with van der Waals surface area (Å²) in [6, 6.07) is 7.01. The molecule has 0 N–H and O–H groups in total. The Labute approximate surface area is 164 Å². The first-order valence-corrected chi connectivity index (χ1v) is 10.1. The number of unbranched alkanes of at least 4 members (excludes halogenated alkanes) is 6. The van der Waals surface area contributed by atoms with Crippen molar-refractivity contribution < 1.29 is 4.92 Å². The largest absolute Gasteiger partial charge is 0.299 e. The van der Waals surface area contributed by atoms with Gasteiger partial charge in [0, 0.05) is 18.7 Å². The van der Waals surface area contributed by atoms with Gasteiger partial charge in [0.15, 0.2) is 0 Å². The van der Waals surface area contributed by atoms with Gasteiger partial charge in [0.2, 0.25) is 0 Å². The van der Waals surface area contributed by atoms with Gasteiger partial charge in [-0.3, -0.25) is 15.0 Å². The van der Waals surface area contributed by atoms with E-state index in [1.807, 2.05) is 12.1 Å². The topological polar surface area (TPSA) is 46.4 Å². The van der Waals surface area contributed by atoms with Crippen LogP contribution >= 0.6 is 12.4 Å². The summed E-state index contributed by atoms with van der Waals surface area (Å²) in [5.41, 5.74) is 1.35. The summed E-state index contributed by atoms with van der Waals surface area (Å²) in [7, 11) is 0. The molecule has 1 aliphatic rings. The van der Waals surface area contributed by atoms with E-state index in [0.717, 1.165) is 25.6 Å². The molecule has 148 valence electrons. The van der Waals surface area contributed by atoms with Crippen LogP contribution in [0.3, 0.4) is 0 Å². The number of nitrogens with zero attached hydrogens (tertiary/aromatic N) is 2. The Morgan fingerprint density at radius 1 is 1.00 bits per heavy atom. The maximum absolute atomic E-state index is 10.7. The lowest BCUT2D eigenvalue weighted by atomic mass is 9.91. The first kappa shape index (κ1) is 22.9. The van der Waals surface area contributed by atoms with Crippen molar-refractivity contribution in [3.05, 3.63) is 39.9 Å². The number of hydrogen-bond acceptors (Lipinski definition) is 3. The number of benzene rings is 1. The Morgan fingerprint density at radius 3 is 2.15 bits per heavy atom. The summed E-state index contributed by atoms with van der Waals surface area (Å²) >= 11 is 0. The van der Waals surface area contributed by atoms with Gasteiger partial charge in [-0.25, -0.2) is 0 Å². The van der Waals surface area contributed by atoms with Crippen LogP contribution in [0.1, 0.15) is 76.7 Å². The normalized spacial score (nSPS) is 15.6. The van der Waals surface area contributed by atoms with Crippen molar-refractivity contribution in [3.8, 4) is 0 Å². The average Bonchev–Trinajstić information content (AvgIpc) is 2.63. The van der Waals surface area contributed by atoms with E-state index in [4.69, 9.17) is 0 Å². The molecule has 0 aromatic heterocycles. The smallest absolute Gasteiger partial charge is 0.269 e. The molecule has 26 heavy (non-hydrogen) atoms. The van der Waals surface area contributed by atoms with Crippen LogP contribution in [0.15, 0.2) is 24.3 Å². The molecule has 1 saturated heterocycles. The Hall–Kier alpha value is -1.13. The van der Waals surface area contributed by atoms with Gasteiger partial charge in [-0.1, -0.05) is 70.4 Å². The number of non-ortho nitro benzene ring substituents is 1. The Bertz CT molecular complexity index is 499. The van der Waals surface area contributed by atoms with Crippen molar-refractivity contribution in [2.24, 2.45) is 5.92 Å². The molecule has 1 heterocycles. The molecule has 0 bridgehead atoms. The monoisotopic (exact) mass is 382 g/mol. The van der Waals surface area contributed by atoms with Gasteiger partial charge in [0.1, 0.15) is 0 Å². The summed E-state index contributed by atoms with van der Waals surface area (Å²) in [4.78, 5) is 12.9. The van der Waals surface area contributed by atoms with Crippen LogP contribution in [-0.4, -0.2) is 22.9 Å². The zero-order valence-corrected chi connectivity index (χ0v) is 17.0. The SMILES string of the molecule is CCCCCCCCCC1CCN(Cc2ccc([N+](=O)[O-])cc2)CC1.Cl. The summed E-state index contributed by atoms with van der Waals surface area (Å²) in [6.07, 6.45) is 13.8. The summed E-state index contributed by atoms with van der Waals surface area (Å²) in [6.45, 7) is 5.52. The number of likely N-dealkylation sites (tertiary alicyclic amines) is 1. The number of nitro groups is 1. The second-order valence-electron chi connectivity index (χ2n) is 7.55. The van der Waals surface area contributed by atoms with E-state index in [-0.39, 0.29) is 23.0 Å². The molecule has 0 spiro atoms. The molecule has 4 nitrogen and oxygen atoms in total. The van der Waals surface area contributed by atoms with Crippen LogP contribution in [0.25, 0.3) is 0 Å². The fourth-order valence-electron chi connectivity index (χ4n) is 3.80. The van der Waals surface area contributed by atoms with Gasteiger partial charge in [0.05, 0.1) is 4.92 Å². The second kappa shape index (κ2) is 13.1. The zero-order valence-electron chi connectivity index (χ0n) is 16.2. The molecule has 0 amide bonds. The highest BCUT2D eigenvalue weighted by atomic mass is 35.5. The van der Waals surface area contributed by atoms with Gasteiger partial charge in [0.25, 0.3) is 5.69 Å². The van der Waals surface area contributed by atoms with Gasteiger partial charge in [-0.05, 0) is 37.4 Å². The van der Waals surface area contributed by atoms with E-state index in [0.29, 0.717) is 0 Å². The molecule has 0 radical (unpaired) electrons. The number of hydrogen-bond donors (Lipinski definition) is 0. The van der Waals surface area contributed by atoms with Gasteiger partial charge >= 0.3 is 0 Å². The van der Waals surface area contributed by atoms with Crippen LogP contribution < -0.4 is 0 Å². The van der Waals surface area contributed by atoms with Crippen molar-refractivity contribution in [1.82, 2.24) is 4.90 Å². The Balaban J connectivity index is 0.00000338. The molecule has 2 rings (SSSR count). The molecule has 0 atom stereocenters. The minimum Gasteiger partial charge on any atom is -0.299 e. The zero-order chi connectivity index (χ0) is 17.9. The highest BCUT2D eigenvalue weighted by Gasteiger charge is 2.19. The lowest BCUT2D eigenvalue weighted by molar-refractivity contribution is -0.384. The molecule has 0 aliphatic carbocycles. The molecular formula is C21H35ClN2O2. The third kappa shape index (κ3) is 8.50. The van der Waals surface area contributed by atoms with Gasteiger partial charge in [-0.2, -0.15) is 0 Å². The third-order valence-corrected chi connectivity index (χ3v) is 5.48. The van der Waals surface area contributed by atoms with Crippen LogP contribution in [-0.2, 0) is 6.54 Å². The number of piperidine rings is 1. The lowest BCUT2D eigenvalue weighted by Gasteiger charge is -2.32. The van der Waals surface area contributed by atoms with Crippen LogP contribution in [0.2, 0.25) is 0 Å². The van der Waals surface area contributed by atoms with Crippen molar-refractivity contribution in [1.29, 1.82) is 0 Å². The Kier molecular flexibility index (Phi) is 11.5. The van der Waals surface area contributed by atoms with Crippen molar-refractivity contribution in [3.63, 3.8) is 0 Å². The Morgan fingerprint density at radius 2 is 1.58 bits per heavy atom. The predicted octanol–water partition coefficient (Wildman–Crippen LogP) is 6.37. The maximum atomic E-state index is 10.7. The van der Waals surface area contributed by atoms with Crippen molar-refractivity contribution in [2.45, 2.75) is 77.7 Å². The van der Waals surface area contributed by atoms with Gasteiger partial charge < -0.3 is 0 Å². The van der Waals surface area contributed by atoms with E-state index in [1.54, 1.807) is 12.1 Å². The fourth-order valence-corrected chi connectivity index (χ4v) is 3.80. The minimum absolute atomic E-state index is 0. The predicted molar refractivity (Wildman–Crippen MR) is 111 cm³/mol. The molecule has 1 fully saturated rings. The van der Waals surface area contributed by atoms with E-state index < -0.39 is 0 Å². The van der Waals surface area contributed by atoms with Gasteiger partial charge in [-0.15, -0.1) is 12.4 Å². The molecule has 5 heteroatoms.